The van der Waals surface area contributed by atoms with Crippen molar-refractivity contribution in [2.75, 3.05) is 26.4 Å². The van der Waals surface area contributed by atoms with Crippen LogP contribution < -0.4 is 5.32 Å². The Labute approximate surface area is 144 Å². The Bertz CT molecular complexity index is 372. The number of amides is 1. The summed E-state index contributed by atoms with van der Waals surface area (Å²) < 4.78 is 10.5. The Hall–Kier alpha value is -1.63. The van der Waals surface area contributed by atoms with E-state index < -0.39 is 5.97 Å². The Morgan fingerprint density at radius 1 is 1.04 bits per heavy atom. The van der Waals surface area contributed by atoms with Crippen LogP contribution in [0.15, 0.2) is 0 Å². The van der Waals surface area contributed by atoms with Gasteiger partial charge in [-0.1, -0.05) is 26.7 Å². The minimum atomic E-state index is -0.983. The van der Waals surface area contributed by atoms with Crippen LogP contribution >= 0.6 is 0 Å². The molecule has 0 spiro atoms. The third kappa shape index (κ3) is 12.9. The highest BCUT2D eigenvalue weighted by Crippen LogP contribution is 2.14. The topological polar surface area (TPSA) is 102 Å². The molecule has 140 valence electrons. The van der Waals surface area contributed by atoms with Crippen molar-refractivity contribution in [3.63, 3.8) is 0 Å². The van der Waals surface area contributed by atoms with Gasteiger partial charge in [0.2, 0.25) is 5.91 Å². The van der Waals surface area contributed by atoms with Crippen molar-refractivity contribution < 1.29 is 29.0 Å². The summed E-state index contributed by atoms with van der Waals surface area (Å²) in [4.78, 5) is 33.4. The number of rotatable bonds is 15. The smallest absolute Gasteiger partial charge is 0.308 e. The lowest BCUT2D eigenvalue weighted by Crippen LogP contribution is -2.25. The van der Waals surface area contributed by atoms with E-state index >= 15 is 0 Å². The van der Waals surface area contributed by atoms with Gasteiger partial charge in [0.25, 0.3) is 0 Å². The number of unbranched alkanes of at least 4 members (excludes halogenated alkanes) is 1. The van der Waals surface area contributed by atoms with Gasteiger partial charge >= 0.3 is 11.9 Å². The molecule has 0 saturated heterocycles. The minimum Gasteiger partial charge on any atom is -0.481 e. The minimum absolute atomic E-state index is 0.0111. The normalized spacial score (nSPS) is 11.8. The van der Waals surface area contributed by atoms with Gasteiger partial charge in [0.15, 0.2) is 0 Å². The van der Waals surface area contributed by atoms with E-state index in [1.807, 2.05) is 6.92 Å². The van der Waals surface area contributed by atoms with Gasteiger partial charge in [-0.15, -0.1) is 0 Å². The fraction of sp³-hybridized carbons (Fsp3) is 0.824. The van der Waals surface area contributed by atoms with Crippen molar-refractivity contribution in [3.05, 3.63) is 0 Å². The van der Waals surface area contributed by atoms with Crippen LogP contribution in [0.3, 0.4) is 0 Å². The van der Waals surface area contributed by atoms with Crippen molar-refractivity contribution >= 4 is 17.8 Å². The summed E-state index contributed by atoms with van der Waals surface area (Å²) in [5.74, 6) is -1.43. The molecule has 0 aromatic rings. The first-order chi connectivity index (χ1) is 11.5. The van der Waals surface area contributed by atoms with Crippen molar-refractivity contribution in [1.29, 1.82) is 0 Å². The first-order valence-corrected chi connectivity index (χ1v) is 8.74. The van der Waals surface area contributed by atoms with Crippen molar-refractivity contribution in [2.45, 2.75) is 58.8 Å². The number of ether oxygens (including phenoxy) is 2. The molecule has 1 unspecified atom stereocenters. The van der Waals surface area contributed by atoms with Gasteiger partial charge in [-0.25, -0.2) is 0 Å². The molecule has 0 aromatic heterocycles. The molecular formula is C17H31NO6. The van der Waals surface area contributed by atoms with Gasteiger partial charge in [0.05, 0.1) is 18.9 Å². The largest absolute Gasteiger partial charge is 0.481 e. The molecule has 0 aliphatic rings. The Kier molecular flexibility index (Phi) is 13.9. The van der Waals surface area contributed by atoms with Gasteiger partial charge in [0, 0.05) is 19.6 Å². The van der Waals surface area contributed by atoms with Crippen LogP contribution in [0.2, 0.25) is 0 Å². The van der Waals surface area contributed by atoms with Gasteiger partial charge in [-0.3, -0.25) is 14.4 Å². The van der Waals surface area contributed by atoms with Gasteiger partial charge in [0.1, 0.15) is 6.61 Å². The second-order valence-corrected chi connectivity index (χ2v) is 5.62. The molecule has 0 heterocycles. The van der Waals surface area contributed by atoms with Crippen LogP contribution in [-0.4, -0.2) is 49.3 Å². The summed E-state index contributed by atoms with van der Waals surface area (Å²) in [5, 5.41) is 11.1. The maximum atomic E-state index is 11.8. The number of carboxylic acid groups (broad SMARTS) is 1. The lowest BCUT2D eigenvalue weighted by atomic mass is 10.00. The number of carbonyl (C=O) groups excluding carboxylic acids is 2. The highest BCUT2D eigenvalue weighted by atomic mass is 16.6. The second kappa shape index (κ2) is 14.9. The van der Waals surface area contributed by atoms with Crippen LogP contribution in [0.25, 0.3) is 0 Å². The third-order valence-corrected chi connectivity index (χ3v) is 3.56. The number of aliphatic carboxylic acids is 1. The summed E-state index contributed by atoms with van der Waals surface area (Å²) in [7, 11) is 0. The molecule has 7 nitrogen and oxygen atoms in total. The maximum absolute atomic E-state index is 11.8. The Balaban J connectivity index is 3.51. The molecule has 0 saturated carbocycles. The Morgan fingerprint density at radius 2 is 1.79 bits per heavy atom. The van der Waals surface area contributed by atoms with Crippen LogP contribution in [0.5, 0.6) is 0 Å². The first-order valence-electron chi connectivity index (χ1n) is 8.74. The number of hydrogen-bond acceptors (Lipinski definition) is 5. The molecule has 7 heteroatoms. The highest BCUT2D eigenvalue weighted by molar-refractivity contribution is 5.80. The first kappa shape index (κ1) is 22.4. The molecule has 1 atom stereocenters. The number of carbonyl (C=O) groups is 3. The fourth-order valence-electron chi connectivity index (χ4n) is 2.07. The van der Waals surface area contributed by atoms with Crippen LogP contribution in [-0.2, 0) is 23.9 Å². The third-order valence-electron chi connectivity index (χ3n) is 3.56. The molecule has 0 aromatic carbocycles. The monoisotopic (exact) mass is 345 g/mol. The SMILES string of the molecule is CCCCC(CC)C(=O)OCCOCCCNC(=O)CCC(=O)O. The molecule has 0 rings (SSSR count). The zero-order valence-electron chi connectivity index (χ0n) is 14.8. The highest BCUT2D eigenvalue weighted by Gasteiger charge is 2.16. The summed E-state index contributed by atoms with van der Waals surface area (Å²) in [6, 6.07) is 0. The standard InChI is InChI=1S/C17H31NO6/c1-3-5-7-14(4-2)17(22)24-13-12-23-11-6-10-18-15(19)8-9-16(20)21/h14H,3-13H2,1-2H3,(H,18,19)(H,20,21). The van der Waals surface area contributed by atoms with E-state index in [-0.39, 0.29) is 37.2 Å². The Morgan fingerprint density at radius 3 is 2.42 bits per heavy atom. The molecule has 0 radical (unpaired) electrons. The zero-order chi connectivity index (χ0) is 18.2. The van der Waals surface area contributed by atoms with Gasteiger partial charge in [-0.05, 0) is 19.3 Å². The van der Waals surface area contributed by atoms with Crippen LogP contribution in [0.4, 0.5) is 0 Å². The second-order valence-electron chi connectivity index (χ2n) is 5.62. The molecule has 0 fully saturated rings. The number of esters is 1. The molecule has 1 amide bonds. The lowest BCUT2D eigenvalue weighted by molar-refractivity contribution is -0.150. The molecule has 0 aliphatic heterocycles. The summed E-state index contributed by atoms with van der Waals surface area (Å²) in [6.45, 7) is 5.55. The van der Waals surface area contributed by atoms with Crippen molar-refractivity contribution in [3.8, 4) is 0 Å². The quantitative estimate of drug-likeness (QED) is 0.348. The predicted molar refractivity (Wildman–Crippen MR) is 89.6 cm³/mol. The van der Waals surface area contributed by atoms with Crippen LogP contribution in [0.1, 0.15) is 58.8 Å². The zero-order valence-corrected chi connectivity index (χ0v) is 14.8. The van der Waals surface area contributed by atoms with Crippen molar-refractivity contribution in [1.82, 2.24) is 5.32 Å². The lowest BCUT2D eigenvalue weighted by Gasteiger charge is -2.13. The van der Waals surface area contributed by atoms with Gasteiger partial charge < -0.3 is 19.9 Å². The van der Waals surface area contributed by atoms with Gasteiger partial charge in [-0.2, -0.15) is 0 Å². The van der Waals surface area contributed by atoms with Crippen molar-refractivity contribution in [2.24, 2.45) is 5.92 Å². The molecular weight excluding hydrogens is 314 g/mol. The summed E-state index contributed by atoms with van der Waals surface area (Å²) >= 11 is 0. The fourth-order valence-corrected chi connectivity index (χ4v) is 2.07. The van der Waals surface area contributed by atoms with E-state index in [0.717, 1.165) is 25.7 Å². The summed E-state index contributed by atoms with van der Waals surface area (Å²) in [6.07, 6.45) is 4.21. The molecule has 0 aliphatic carbocycles. The number of carboxylic acids is 1. The maximum Gasteiger partial charge on any atom is 0.308 e. The van der Waals surface area contributed by atoms with E-state index in [0.29, 0.717) is 26.2 Å². The van der Waals surface area contributed by atoms with E-state index in [2.05, 4.69) is 12.2 Å². The van der Waals surface area contributed by atoms with E-state index in [4.69, 9.17) is 14.6 Å². The summed E-state index contributed by atoms with van der Waals surface area (Å²) in [5.41, 5.74) is 0. The average Bonchev–Trinajstić information content (AvgIpc) is 2.56. The van der Waals surface area contributed by atoms with E-state index in [1.165, 1.54) is 0 Å². The van der Waals surface area contributed by atoms with E-state index in [9.17, 15) is 14.4 Å². The molecule has 2 N–H and O–H groups in total. The molecule has 24 heavy (non-hydrogen) atoms. The average molecular weight is 345 g/mol. The molecule has 0 bridgehead atoms. The van der Waals surface area contributed by atoms with Crippen LogP contribution in [0, 0.1) is 5.92 Å². The van der Waals surface area contributed by atoms with E-state index in [1.54, 1.807) is 0 Å². The predicted octanol–water partition coefficient (Wildman–Crippen LogP) is 2.13. The number of nitrogens with one attached hydrogen (secondary N) is 1. The number of hydrogen-bond donors (Lipinski definition) is 2.